The van der Waals surface area contributed by atoms with Crippen LogP contribution in [-0.4, -0.2) is 36.8 Å². The van der Waals surface area contributed by atoms with Crippen molar-refractivity contribution >= 4 is 17.7 Å². The van der Waals surface area contributed by atoms with E-state index in [2.05, 4.69) is 0 Å². The number of halogens is 1. The number of methoxy groups -OCH3 is 2. The molecule has 1 N–H and O–H groups in total. The number of nitrogens with zero attached hydrogens (tertiary/aromatic N) is 1. The van der Waals surface area contributed by atoms with Gasteiger partial charge in [0, 0.05) is 7.05 Å². The van der Waals surface area contributed by atoms with Gasteiger partial charge in [0.1, 0.15) is 6.04 Å². The number of carbonyl (C=O) groups is 1. The minimum atomic E-state index is -1.03. The van der Waals surface area contributed by atoms with Gasteiger partial charge in [0.25, 0.3) is 0 Å². The van der Waals surface area contributed by atoms with E-state index in [9.17, 15) is 4.79 Å². The second-order valence-corrected chi connectivity index (χ2v) is 3.91. The van der Waals surface area contributed by atoms with Gasteiger partial charge in [0.15, 0.2) is 11.5 Å². The molecular formula is C11H14ClNO4. The number of carboxylic acid groups (broad SMARTS) is 1. The zero-order chi connectivity index (χ0) is 13.0. The van der Waals surface area contributed by atoms with Gasteiger partial charge in [0.05, 0.1) is 14.2 Å². The van der Waals surface area contributed by atoms with E-state index in [-0.39, 0.29) is 0 Å². The fourth-order valence-corrected chi connectivity index (χ4v) is 1.72. The molecule has 17 heavy (non-hydrogen) atoms. The zero-order valence-electron chi connectivity index (χ0n) is 9.81. The van der Waals surface area contributed by atoms with Crippen LogP contribution in [0, 0.1) is 0 Å². The molecule has 0 aliphatic carbocycles. The predicted octanol–water partition coefficient (Wildman–Crippen LogP) is 1.92. The molecule has 1 aromatic carbocycles. The topological polar surface area (TPSA) is 59.0 Å². The van der Waals surface area contributed by atoms with Gasteiger partial charge < -0.3 is 14.6 Å². The van der Waals surface area contributed by atoms with E-state index in [0.717, 1.165) is 4.42 Å². The summed E-state index contributed by atoms with van der Waals surface area (Å²) in [7, 11) is 4.48. The molecule has 0 bridgehead atoms. The maximum atomic E-state index is 11.1. The molecule has 0 amide bonds. The van der Waals surface area contributed by atoms with E-state index >= 15 is 0 Å². The maximum absolute atomic E-state index is 11.1. The Morgan fingerprint density at radius 1 is 1.35 bits per heavy atom. The fraction of sp³-hybridized carbons (Fsp3) is 0.364. The van der Waals surface area contributed by atoms with E-state index in [1.165, 1.54) is 21.3 Å². The Hall–Kier alpha value is -1.46. The van der Waals surface area contributed by atoms with E-state index in [0.29, 0.717) is 17.1 Å². The Balaban J connectivity index is 3.17. The van der Waals surface area contributed by atoms with E-state index < -0.39 is 12.0 Å². The minimum absolute atomic E-state index is 0.467. The lowest BCUT2D eigenvalue weighted by Gasteiger charge is -2.19. The molecule has 1 aromatic rings. The molecular weight excluding hydrogens is 246 g/mol. The molecule has 0 aliphatic heterocycles. The zero-order valence-corrected chi connectivity index (χ0v) is 10.6. The quantitative estimate of drug-likeness (QED) is 0.819. The summed E-state index contributed by atoms with van der Waals surface area (Å²) in [5.41, 5.74) is 0.521. The Morgan fingerprint density at radius 3 is 2.35 bits per heavy atom. The summed E-state index contributed by atoms with van der Waals surface area (Å²) < 4.78 is 11.3. The molecule has 0 spiro atoms. The summed E-state index contributed by atoms with van der Waals surface area (Å²) in [5, 5.41) is 9.09. The first-order valence-electron chi connectivity index (χ1n) is 4.84. The average Bonchev–Trinajstić information content (AvgIpc) is 2.27. The molecule has 6 heteroatoms. The summed E-state index contributed by atoms with van der Waals surface area (Å²) in [5.74, 6) is -0.0258. The van der Waals surface area contributed by atoms with Crippen molar-refractivity contribution in [1.82, 2.24) is 4.42 Å². The van der Waals surface area contributed by atoms with E-state index in [1.54, 1.807) is 18.2 Å². The molecule has 0 radical (unpaired) electrons. The van der Waals surface area contributed by atoms with E-state index in [1.807, 2.05) is 0 Å². The summed E-state index contributed by atoms with van der Waals surface area (Å²) in [4.78, 5) is 11.1. The van der Waals surface area contributed by atoms with Gasteiger partial charge in [-0.15, -0.1) is 0 Å². The van der Waals surface area contributed by atoms with Gasteiger partial charge in [-0.2, -0.15) is 0 Å². The Morgan fingerprint density at radius 2 is 1.94 bits per heavy atom. The van der Waals surface area contributed by atoms with Crippen molar-refractivity contribution in [2.75, 3.05) is 21.3 Å². The number of benzene rings is 1. The highest BCUT2D eigenvalue weighted by Crippen LogP contribution is 2.32. The van der Waals surface area contributed by atoms with Crippen LogP contribution in [0.5, 0.6) is 11.5 Å². The van der Waals surface area contributed by atoms with Gasteiger partial charge in [-0.05, 0) is 29.5 Å². The lowest BCUT2D eigenvalue weighted by Crippen LogP contribution is -2.23. The van der Waals surface area contributed by atoms with Gasteiger partial charge >= 0.3 is 5.97 Å². The first kappa shape index (κ1) is 13.6. The largest absolute Gasteiger partial charge is 0.493 e. The predicted molar refractivity (Wildman–Crippen MR) is 63.5 cm³/mol. The normalized spacial score (nSPS) is 12.3. The molecule has 0 aliphatic rings. The molecule has 1 rings (SSSR count). The second kappa shape index (κ2) is 5.75. The molecule has 0 saturated heterocycles. The molecule has 1 atom stereocenters. The van der Waals surface area contributed by atoms with Crippen LogP contribution in [0.3, 0.4) is 0 Å². The molecule has 0 heterocycles. The minimum Gasteiger partial charge on any atom is -0.493 e. The van der Waals surface area contributed by atoms with E-state index in [4.69, 9.17) is 26.4 Å². The van der Waals surface area contributed by atoms with Crippen LogP contribution in [-0.2, 0) is 4.79 Å². The van der Waals surface area contributed by atoms with Crippen LogP contribution in [0.4, 0.5) is 0 Å². The van der Waals surface area contributed by atoms with Gasteiger partial charge in [-0.25, -0.2) is 4.42 Å². The van der Waals surface area contributed by atoms with Crippen molar-refractivity contribution in [2.45, 2.75) is 6.04 Å². The van der Waals surface area contributed by atoms with Crippen molar-refractivity contribution < 1.29 is 19.4 Å². The summed E-state index contributed by atoms with van der Waals surface area (Å²) in [6.45, 7) is 0. The van der Waals surface area contributed by atoms with Crippen LogP contribution in [0.25, 0.3) is 0 Å². The molecule has 0 aromatic heterocycles. The highest BCUT2D eigenvalue weighted by molar-refractivity contribution is 6.14. The van der Waals surface area contributed by atoms with Crippen LogP contribution in [0.1, 0.15) is 11.6 Å². The highest BCUT2D eigenvalue weighted by Gasteiger charge is 2.24. The number of rotatable bonds is 5. The van der Waals surface area contributed by atoms with Gasteiger partial charge in [-0.3, -0.25) is 4.79 Å². The van der Waals surface area contributed by atoms with Gasteiger partial charge in [0.2, 0.25) is 0 Å². The number of aliphatic carboxylic acids is 1. The molecule has 0 fully saturated rings. The Bertz CT molecular complexity index is 408. The lowest BCUT2D eigenvalue weighted by atomic mass is 10.1. The molecule has 1 unspecified atom stereocenters. The second-order valence-electron chi connectivity index (χ2n) is 3.38. The van der Waals surface area contributed by atoms with Crippen LogP contribution < -0.4 is 9.47 Å². The van der Waals surface area contributed by atoms with Crippen LogP contribution in [0.15, 0.2) is 18.2 Å². The number of hydrogen-bond donors (Lipinski definition) is 1. The number of likely N-dealkylation sites (N-methyl/N-ethyl adjacent to an activating group) is 1. The third-order valence-corrected chi connectivity index (χ3v) is 2.51. The molecule has 94 valence electrons. The third kappa shape index (κ3) is 3.01. The summed E-state index contributed by atoms with van der Waals surface area (Å²) in [6.07, 6.45) is 0. The van der Waals surface area contributed by atoms with Crippen molar-refractivity contribution in [3.8, 4) is 11.5 Å². The Labute approximate surface area is 105 Å². The van der Waals surface area contributed by atoms with Crippen molar-refractivity contribution in [3.05, 3.63) is 23.8 Å². The summed E-state index contributed by atoms with van der Waals surface area (Å²) in [6, 6.07) is 3.94. The average molecular weight is 260 g/mol. The smallest absolute Gasteiger partial charge is 0.326 e. The maximum Gasteiger partial charge on any atom is 0.326 e. The van der Waals surface area contributed by atoms with Gasteiger partial charge in [-0.1, -0.05) is 6.07 Å². The van der Waals surface area contributed by atoms with Crippen molar-refractivity contribution in [2.24, 2.45) is 0 Å². The van der Waals surface area contributed by atoms with Crippen LogP contribution in [0.2, 0.25) is 0 Å². The summed E-state index contributed by atoms with van der Waals surface area (Å²) >= 11 is 5.72. The lowest BCUT2D eigenvalue weighted by molar-refractivity contribution is -0.141. The first-order valence-corrected chi connectivity index (χ1v) is 5.18. The number of ether oxygens (including phenoxy) is 2. The first-order chi connectivity index (χ1) is 8.01. The Kier molecular flexibility index (Phi) is 4.60. The third-order valence-electron chi connectivity index (χ3n) is 2.31. The van der Waals surface area contributed by atoms with Crippen molar-refractivity contribution in [3.63, 3.8) is 0 Å². The SMILES string of the molecule is COc1ccc(C(C(=O)O)N(C)Cl)cc1OC. The number of carboxylic acids is 1. The molecule has 5 nitrogen and oxygen atoms in total. The fourth-order valence-electron chi connectivity index (χ4n) is 1.52. The highest BCUT2D eigenvalue weighted by atomic mass is 35.5. The number of hydrogen-bond acceptors (Lipinski definition) is 4. The standard InChI is InChI=1S/C11H14ClNO4/c1-13(12)10(11(14)15)7-4-5-8(16-2)9(6-7)17-3/h4-6,10H,1-3H3,(H,14,15). The monoisotopic (exact) mass is 259 g/mol. The van der Waals surface area contributed by atoms with Crippen LogP contribution >= 0.6 is 11.8 Å². The van der Waals surface area contributed by atoms with Crippen molar-refractivity contribution in [1.29, 1.82) is 0 Å². The molecule has 0 saturated carbocycles.